The van der Waals surface area contributed by atoms with Crippen LogP contribution in [0.4, 0.5) is 0 Å². The number of carbonyl (C=O) groups is 1. The molecule has 0 bridgehead atoms. The summed E-state index contributed by atoms with van der Waals surface area (Å²) in [4.78, 5) is 11.7. The maximum atomic E-state index is 11.7. The number of nitrogens with one attached hydrogen (secondary N) is 1. The van der Waals surface area contributed by atoms with Crippen LogP contribution in [0.5, 0.6) is 11.5 Å². The highest BCUT2D eigenvalue weighted by molar-refractivity contribution is 5.91. The maximum Gasteiger partial charge on any atom is 0.244 e. The Morgan fingerprint density at radius 3 is 2.45 bits per heavy atom. The fraction of sp³-hybridized carbons (Fsp3) is 0.167. The summed E-state index contributed by atoms with van der Waals surface area (Å²) in [6.45, 7) is 0.552. The minimum absolute atomic E-state index is 0.130. The summed E-state index contributed by atoms with van der Waals surface area (Å²) in [6, 6.07) is 14.4. The van der Waals surface area contributed by atoms with Crippen LogP contribution in [0.25, 0.3) is 6.08 Å². The van der Waals surface area contributed by atoms with Crippen molar-refractivity contribution in [3.8, 4) is 11.5 Å². The molecule has 0 unspecified atom stereocenters. The van der Waals surface area contributed by atoms with E-state index in [1.165, 1.54) is 6.08 Å². The van der Waals surface area contributed by atoms with E-state index < -0.39 is 0 Å². The van der Waals surface area contributed by atoms with Crippen molar-refractivity contribution in [3.05, 3.63) is 65.7 Å². The van der Waals surface area contributed by atoms with Gasteiger partial charge in [-0.05, 0) is 47.9 Å². The Labute approximate surface area is 130 Å². The van der Waals surface area contributed by atoms with Crippen molar-refractivity contribution in [1.29, 1.82) is 0 Å². The van der Waals surface area contributed by atoms with Crippen LogP contribution < -0.4 is 10.1 Å². The van der Waals surface area contributed by atoms with Crippen molar-refractivity contribution in [2.24, 2.45) is 0 Å². The number of aromatic hydroxyl groups is 1. The summed E-state index contributed by atoms with van der Waals surface area (Å²) in [5.41, 5.74) is 2.01. The van der Waals surface area contributed by atoms with Crippen LogP contribution in [0.1, 0.15) is 11.1 Å². The van der Waals surface area contributed by atoms with Gasteiger partial charge in [-0.25, -0.2) is 0 Å². The second kappa shape index (κ2) is 7.88. The van der Waals surface area contributed by atoms with Crippen molar-refractivity contribution >= 4 is 12.0 Å². The van der Waals surface area contributed by atoms with Crippen LogP contribution >= 0.6 is 0 Å². The molecule has 0 aliphatic rings. The lowest BCUT2D eigenvalue weighted by Gasteiger charge is -2.03. The van der Waals surface area contributed by atoms with Crippen molar-refractivity contribution < 1.29 is 14.6 Å². The number of phenols is 1. The number of amides is 1. The van der Waals surface area contributed by atoms with Crippen LogP contribution in [0, 0.1) is 0 Å². The summed E-state index contributed by atoms with van der Waals surface area (Å²) in [5, 5.41) is 12.0. The zero-order valence-corrected chi connectivity index (χ0v) is 12.5. The lowest BCUT2D eigenvalue weighted by molar-refractivity contribution is -0.116. The molecule has 0 aliphatic carbocycles. The molecule has 2 rings (SSSR count). The highest BCUT2D eigenvalue weighted by Gasteiger charge is 1.97. The van der Waals surface area contributed by atoms with E-state index in [2.05, 4.69) is 5.32 Å². The third-order valence-electron chi connectivity index (χ3n) is 3.19. The molecule has 0 aromatic heterocycles. The van der Waals surface area contributed by atoms with Gasteiger partial charge in [-0.2, -0.15) is 0 Å². The normalized spacial score (nSPS) is 10.6. The summed E-state index contributed by atoms with van der Waals surface area (Å²) in [6.07, 6.45) is 4.00. The summed E-state index contributed by atoms with van der Waals surface area (Å²) in [7, 11) is 1.62. The van der Waals surface area contributed by atoms with E-state index in [1.54, 1.807) is 25.3 Å². The van der Waals surface area contributed by atoms with E-state index in [0.29, 0.717) is 6.54 Å². The standard InChI is InChI=1S/C18H19NO3/c1-22-17-9-4-14(5-10-17)6-11-18(21)19-13-12-15-2-7-16(20)8-3-15/h2-11,20H,12-13H2,1H3,(H,19,21)/b11-6+. The van der Waals surface area contributed by atoms with Gasteiger partial charge in [0.05, 0.1) is 7.11 Å². The van der Waals surface area contributed by atoms with Gasteiger partial charge in [0.25, 0.3) is 0 Å². The number of hydrogen-bond donors (Lipinski definition) is 2. The minimum Gasteiger partial charge on any atom is -0.508 e. The van der Waals surface area contributed by atoms with Crippen LogP contribution in [0.2, 0.25) is 0 Å². The molecule has 0 fully saturated rings. The molecule has 0 heterocycles. The quantitative estimate of drug-likeness (QED) is 0.806. The Hall–Kier alpha value is -2.75. The van der Waals surface area contributed by atoms with Gasteiger partial charge >= 0.3 is 0 Å². The monoisotopic (exact) mass is 297 g/mol. The first-order valence-corrected chi connectivity index (χ1v) is 7.05. The zero-order valence-electron chi connectivity index (χ0n) is 12.5. The third-order valence-corrected chi connectivity index (χ3v) is 3.19. The summed E-state index contributed by atoms with van der Waals surface area (Å²) >= 11 is 0. The average Bonchev–Trinajstić information content (AvgIpc) is 2.55. The third kappa shape index (κ3) is 4.98. The molecule has 2 N–H and O–H groups in total. The molecule has 0 atom stereocenters. The molecule has 0 aliphatic heterocycles. The van der Waals surface area contributed by atoms with Gasteiger partial charge in [0, 0.05) is 12.6 Å². The van der Waals surface area contributed by atoms with Gasteiger partial charge in [-0.1, -0.05) is 24.3 Å². The Morgan fingerprint density at radius 1 is 1.14 bits per heavy atom. The van der Waals surface area contributed by atoms with E-state index >= 15 is 0 Å². The van der Waals surface area contributed by atoms with E-state index in [4.69, 9.17) is 4.74 Å². The molecule has 114 valence electrons. The maximum absolute atomic E-state index is 11.7. The van der Waals surface area contributed by atoms with Gasteiger partial charge < -0.3 is 15.2 Å². The van der Waals surface area contributed by atoms with Crippen LogP contribution in [0.3, 0.4) is 0 Å². The molecule has 4 heteroatoms. The Morgan fingerprint density at radius 2 is 1.82 bits per heavy atom. The van der Waals surface area contributed by atoms with Crippen LogP contribution in [0.15, 0.2) is 54.6 Å². The largest absolute Gasteiger partial charge is 0.508 e. The van der Waals surface area contributed by atoms with Gasteiger partial charge in [0.1, 0.15) is 11.5 Å². The Balaban J connectivity index is 1.77. The molecule has 22 heavy (non-hydrogen) atoms. The number of rotatable bonds is 6. The van der Waals surface area contributed by atoms with Crippen molar-refractivity contribution in [3.63, 3.8) is 0 Å². The molecule has 0 radical (unpaired) electrons. The predicted molar refractivity (Wildman–Crippen MR) is 86.8 cm³/mol. The summed E-state index contributed by atoms with van der Waals surface area (Å²) in [5.74, 6) is 0.903. The van der Waals surface area contributed by atoms with Gasteiger partial charge in [0.2, 0.25) is 5.91 Å². The average molecular weight is 297 g/mol. The minimum atomic E-state index is -0.130. The fourth-order valence-electron chi connectivity index (χ4n) is 1.94. The molecule has 0 saturated heterocycles. The number of benzene rings is 2. The number of phenolic OH excluding ortho intramolecular Hbond substituents is 1. The second-order valence-electron chi connectivity index (χ2n) is 4.81. The first kappa shape index (κ1) is 15.6. The fourth-order valence-corrected chi connectivity index (χ4v) is 1.94. The number of methoxy groups -OCH3 is 1. The number of carbonyl (C=O) groups excluding carboxylic acids is 1. The molecule has 0 saturated carbocycles. The van der Waals surface area contributed by atoms with Gasteiger partial charge in [-0.15, -0.1) is 0 Å². The smallest absolute Gasteiger partial charge is 0.244 e. The van der Waals surface area contributed by atoms with E-state index in [9.17, 15) is 9.90 Å². The molecular formula is C18H19NO3. The Bertz CT molecular complexity index is 630. The van der Waals surface area contributed by atoms with Crippen molar-refractivity contribution in [2.75, 3.05) is 13.7 Å². The topological polar surface area (TPSA) is 58.6 Å². The Kier molecular flexibility index (Phi) is 5.60. The number of hydrogen-bond acceptors (Lipinski definition) is 3. The lowest BCUT2D eigenvalue weighted by atomic mass is 10.1. The molecule has 2 aromatic rings. The molecule has 2 aromatic carbocycles. The van der Waals surface area contributed by atoms with Crippen molar-refractivity contribution in [1.82, 2.24) is 5.32 Å². The molecule has 0 spiro atoms. The van der Waals surface area contributed by atoms with E-state index in [-0.39, 0.29) is 11.7 Å². The molecule has 1 amide bonds. The SMILES string of the molecule is COc1ccc(/C=C/C(=O)NCCc2ccc(O)cc2)cc1. The van der Waals surface area contributed by atoms with Gasteiger partial charge in [0.15, 0.2) is 0 Å². The lowest BCUT2D eigenvalue weighted by Crippen LogP contribution is -2.23. The predicted octanol–water partition coefficient (Wildman–Crippen LogP) is 2.77. The van der Waals surface area contributed by atoms with Crippen LogP contribution in [-0.4, -0.2) is 24.7 Å². The molecular weight excluding hydrogens is 278 g/mol. The van der Waals surface area contributed by atoms with E-state index in [0.717, 1.165) is 23.3 Å². The van der Waals surface area contributed by atoms with Crippen molar-refractivity contribution in [2.45, 2.75) is 6.42 Å². The highest BCUT2D eigenvalue weighted by Crippen LogP contribution is 2.12. The highest BCUT2D eigenvalue weighted by atomic mass is 16.5. The summed E-state index contributed by atoms with van der Waals surface area (Å²) < 4.78 is 5.08. The number of ether oxygens (including phenoxy) is 1. The molecule has 4 nitrogen and oxygen atoms in total. The first-order valence-electron chi connectivity index (χ1n) is 7.05. The zero-order chi connectivity index (χ0) is 15.8. The second-order valence-corrected chi connectivity index (χ2v) is 4.81. The van der Waals surface area contributed by atoms with Gasteiger partial charge in [-0.3, -0.25) is 4.79 Å². The van der Waals surface area contributed by atoms with Crippen LogP contribution in [-0.2, 0) is 11.2 Å². The van der Waals surface area contributed by atoms with E-state index in [1.807, 2.05) is 36.4 Å². The first-order chi connectivity index (χ1) is 10.7.